The predicted octanol–water partition coefficient (Wildman–Crippen LogP) is 4.71. The molecule has 94 valence electrons. The Kier molecular flexibility index (Phi) is 4.59. The van der Waals surface area contributed by atoms with Gasteiger partial charge < -0.3 is 4.74 Å². The molecule has 0 aliphatic rings. The molecule has 2 aromatic rings. The van der Waals surface area contributed by atoms with Crippen LogP contribution in [0, 0.1) is 0 Å². The third-order valence-corrected chi connectivity index (χ3v) is 4.80. The van der Waals surface area contributed by atoms with Crippen molar-refractivity contribution in [2.24, 2.45) is 0 Å². The van der Waals surface area contributed by atoms with Gasteiger partial charge in [0.15, 0.2) is 5.78 Å². The highest BCUT2D eigenvalue weighted by Gasteiger charge is 2.14. The van der Waals surface area contributed by atoms with Crippen LogP contribution >= 0.6 is 43.2 Å². The fourth-order valence-corrected chi connectivity index (χ4v) is 4.45. The van der Waals surface area contributed by atoms with Gasteiger partial charge in [-0.1, -0.05) is 12.1 Å². The second kappa shape index (κ2) is 5.99. The minimum Gasteiger partial charge on any atom is -0.497 e. The number of carbonyl (C=O) groups is 1. The number of hydrogen-bond acceptors (Lipinski definition) is 3. The first-order valence-corrected chi connectivity index (χ1v) is 7.61. The Morgan fingerprint density at radius 1 is 1.33 bits per heavy atom. The molecule has 0 unspecified atom stereocenters. The lowest BCUT2D eigenvalue weighted by Crippen LogP contribution is -2.02. The largest absolute Gasteiger partial charge is 0.497 e. The van der Waals surface area contributed by atoms with E-state index in [0.717, 1.165) is 24.4 Å². The van der Waals surface area contributed by atoms with Crippen LogP contribution in [0.15, 0.2) is 37.9 Å². The van der Waals surface area contributed by atoms with Crippen molar-refractivity contribution in [1.82, 2.24) is 0 Å². The molecule has 0 saturated heterocycles. The van der Waals surface area contributed by atoms with E-state index in [2.05, 4.69) is 31.9 Å². The second-order valence-electron chi connectivity index (χ2n) is 3.69. The van der Waals surface area contributed by atoms with Crippen LogP contribution in [0.1, 0.15) is 15.9 Å². The zero-order chi connectivity index (χ0) is 13.1. The molecule has 5 heteroatoms. The van der Waals surface area contributed by atoms with Crippen molar-refractivity contribution in [1.29, 1.82) is 0 Å². The van der Waals surface area contributed by atoms with E-state index >= 15 is 0 Å². The van der Waals surface area contributed by atoms with Crippen molar-refractivity contribution in [3.05, 3.63) is 49.0 Å². The minimum absolute atomic E-state index is 0.0945. The van der Waals surface area contributed by atoms with E-state index in [9.17, 15) is 4.79 Å². The van der Waals surface area contributed by atoms with Gasteiger partial charge >= 0.3 is 0 Å². The van der Waals surface area contributed by atoms with Crippen LogP contribution in [0.25, 0.3) is 0 Å². The van der Waals surface area contributed by atoms with Gasteiger partial charge in [-0.25, -0.2) is 0 Å². The average molecular weight is 390 g/mol. The molecule has 1 aromatic heterocycles. The normalized spacial score (nSPS) is 10.4. The molecule has 1 aromatic carbocycles. The molecule has 0 spiro atoms. The summed E-state index contributed by atoms with van der Waals surface area (Å²) >= 11 is 8.28. The third-order valence-electron chi connectivity index (χ3n) is 2.46. The standard InChI is InChI=1S/C13H10Br2O2S/c1-17-9-4-2-3-8(5-9)6-11(16)10-7-12(14)18-13(10)15/h2-5,7H,6H2,1H3. The van der Waals surface area contributed by atoms with Crippen LogP contribution in [0.5, 0.6) is 5.75 Å². The van der Waals surface area contributed by atoms with E-state index in [-0.39, 0.29) is 5.78 Å². The summed E-state index contributed by atoms with van der Waals surface area (Å²) in [5.41, 5.74) is 1.67. The molecule has 0 aliphatic carbocycles. The molecule has 2 nitrogen and oxygen atoms in total. The first-order valence-electron chi connectivity index (χ1n) is 5.21. The summed E-state index contributed by atoms with van der Waals surface area (Å²) in [7, 11) is 1.62. The lowest BCUT2D eigenvalue weighted by molar-refractivity contribution is 0.0992. The second-order valence-corrected chi connectivity index (χ2v) is 7.44. The summed E-state index contributed by atoms with van der Waals surface area (Å²) in [5, 5.41) is 0. The summed E-state index contributed by atoms with van der Waals surface area (Å²) in [6.07, 6.45) is 0.374. The van der Waals surface area contributed by atoms with Crippen molar-refractivity contribution >= 4 is 49.0 Å². The first-order chi connectivity index (χ1) is 8.60. The summed E-state index contributed by atoms with van der Waals surface area (Å²) < 4.78 is 6.95. The molecular weight excluding hydrogens is 380 g/mol. The summed E-state index contributed by atoms with van der Waals surface area (Å²) in [4.78, 5) is 12.2. The highest BCUT2D eigenvalue weighted by atomic mass is 79.9. The maximum atomic E-state index is 12.2. The topological polar surface area (TPSA) is 26.3 Å². The quantitative estimate of drug-likeness (QED) is 0.708. The average Bonchev–Trinajstić information content (AvgIpc) is 2.69. The Morgan fingerprint density at radius 3 is 2.72 bits per heavy atom. The molecule has 0 amide bonds. The van der Waals surface area contributed by atoms with E-state index in [4.69, 9.17) is 4.74 Å². The fourth-order valence-electron chi connectivity index (χ4n) is 1.59. The zero-order valence-electron chi connectivity index (χ0n) is 9.57. The van der Waals surface area contributed by atoms with E-state index in [1.807, 2.05) is 30.3 Å². The Bertz CT molecular complexity index is 578. The maximum absolute atomic E-state index is 12.2. The Balaban J connectivity index is 2.18. The molecule has 0 radical (unpaired) electrons. The van der Waals surface area contributed by atoms with E-state index < -0.39 is 0 Å². The van der Waals surface area contributed by atoms with Crippen molar-refractivity contribution in [2.45, 2.75) is 6.42 Å². The van der Waals surface area contributed by atoms with Crippen molar-refractivity contribution in [2.75, 3.05) is 7.11 Å². The number of halogens is 2. The van der Waals surface area contributed by atoms with E-state index in [0.29, 0.717) is 6.42 Å². The Hall–Kier alpha value is -0.650. The van der Waals surface area contributed by atoms with Gasteiger partial charge in [0.05, 0.1) is 14.7 Å². The minimum atomic E-state index is 0.0945. The van der Waals surface area contributed by atoms with Crippen molar-refractivity contribution in [3.8, 4) is 5.75 Å². The molecule has 0 saturated carbocycles. The SMILES string of the molecule is COc1cccc(CC(=O)c2cc(Br)sc2Br)c1. The van der Waals surface area contributed by atoms with Gasteiger partial charge in [-0.3, -0.25) is 4.79 Å². The molecule has 0 N–H and O–H groups in total. The monoisotopic (exact) mass is 388 g/mol. The number of thiophene rings is 1. The van der Waals surface area contributed by atoms with Gasteiger partial charge in [0, 0.05) is 12.0 Å². The predicted molar refractivity (Wildman–Crippen MR) is 80.7 cm³/mol. The molecule has 0 atom stereocenters. The Labute approximate surface area is 126 Å². The number of methoxy groups -OCH3 is 1. The zero-order valence-corrected chi connectivity index (χ0v) is 13.6. The smallest absolute Gasteiger partial charge is 0.169 e. The van der Waals surface area contributed by atoms with E-state index in [1.165, 1.54) is 11.3 Å². The summed E-state index contributed by atoms with van der Waals surface area (Å²) in [5.74, 6) is 0.864. The summed E-state index contributed by atoms with van der Waals surface area (Å²) in [6.45, 7) is 0. The molecule has 1 heterocycles. The van der Waals surface area contributed by atoms with Crippen LogP contribution in [0.3, 0.4) is 0 Å². The van der Waals surface area contributed by atoms with Gasteiger partial charge in [-0.2, -0.15) is 0 Å². The fraction of sp³-hybridized carbons (Fsp3) is 0.154. The highest BCUT2D eigenvalue weighted by molar-refractivity contribution is 9.12. The van der Waals surface area contributed by atoms with Gasteiger partial charge in [-0.05, 0) is 55.6 Å². The lowest BCUT2D eigenvalue weighted by Gasteiger charge is -2.03. The number of Topliss-reactive ketones (excluding diaryl/α,β-unsaturated/α-hetero) is 1. The number of carbonyl (C=O) groups excluding carboxylic acids is 1. The van der Waals surface area contributed by atoms with Crippen LogP contribution in [-0.4, -0.2) is 12.9 Å². The lowest BCUT2D eigenvalue weighted by atomic mass is 10.1. The molecule has 18 heavy (non-hydrogen) atoms. The molecule has 0 bridgehead atoms. The number of ketones is 1. The number of hydrogen-bond donors (Lipinski definition) is 0. The molecule has 2 rings (SSSR count). The van der Waals surface area contributed by atoms with Gasteiger partial charge in [0.2, 0.25) is 0 Å². The van der Waals surface area contributed by atoms with Gasteiger partial charge in [0.1, 0.15) is 5.75 Å². The highest BCUT2D eigenvalue weighted by Crippen LogP contribution is 2.32. The van der Waals surface area contributed by atoms with Crippen LogP contribution < -0.4 is 4.74 Å². The number of ether oxygens (including phenoxy) is 1. The molecular formula is C13H10Br2O2S. The van der Waals surface area contributed by atoms with Crippen LogP contribution in [0.4, 0.5) is 0 Å². The van der Waals surface area contributed by atoms with Crippen molar-refractivity contribution < 1.29 is 9.53 Å². The van der Waals surface area contributed by atoms with Crippen LogP contribution in [0.2, 0.25) is 0 Å². The number of rotatable bonds is 4. The number of benzene rings is 1. The van der Waals surface area contributed by atoms with Crippen molar-refractivity contribution in [3.63, 3.8) is 0 Å². The van der Waals surface area contributed by atoms with Gasteiger partial charge in [-0.15, -0.1) is 11.3 Å². The maximum Gasteiger partial charge on any atom is 0.169 e. The first kappa shape index (κ1) is 13.8. The van der Waals surface area contributed by atoms with E-state index in [1.54, 1.807) is 7.11 Å². The Morgan fingerprint density at radius 2 is 2.11 bits per heavy atom. The molecule has 0 fully saturated rings. The third kappa shape index (κ3) is 3.22. The summed E-state index contributed by atoms with van der Waals surface area (Å²) in [6, 6.07) is 9.41. The van der Waals surface area contributed by atoms with Crippen LogP contribution in [-0.2, 0) is 6.42 Å². The van der Waals surface area contributed by atoms with Gasteiger partial charge in [0.25, 0.3) is 0 Å². The molecule has 0 aliphatic heterocycles.